The second kappa shape index (κ2) is 3.87. The van der Waals surface area contributed by atoms with Crippen LogP contribution in [0, 0.1) is 0 Å². The van der Waals surface area contributed by atoms with Crippen molar-refractivity contribution in [2.24, 2.45) is 0 Å². The summed E-state index contributed by atoms with van der Waals surface area (Å²) in [6, 6.07) is 7.74. The number of nitrogens with one attached hydrogen (secondary N) is 1. The lowest BCUT2D eigenvalue weighted by molar-refractivity contribution is 1.35. The molecular formula is C11H6BrClN2S. The third kappa shape index (κ3) is 1.57. The van der Waals surface area contributed by atoms with E-state index in [4.69, 9.17) is 11.6 Å². The zero-order chi connectivity index (χ0) is 11.1. The lowest BCUT2D eigenvalue weighted by Crippen LogP contribution is -1.74. The number of aromatic amines is 1. The largest absolute Gasteiger partial charge is 0.337 e. The molecule has 5 heteroatoms. The molecule has 16 heavy (non-hydrogen) atoms. The SMILES string of the molecule is Clc1cccc2[nH]c(-c3sccc3Br)nc12. The molecule has 2 heterocycles. The number of nitrogens with zero attached hydrogens (tertiary/aromatic N) is 1. The van der Waals surface area contributed by atoms with Crippen LogP contribution < -0.4 is 0 Å². The van der Waals surface area contributed by atoms with Gasteiger partial charge in [-0.15, -0.1) is 11.3 Å². The monoisotopic (exact) mass is 312 g/mol. The normalized spacial score (nSPS) is 11.1. The Hall–Kier alpha value is -0.840. The number of fused-ring (bicyclic) bond motifs is 1. The second-order valence-electron chi connectivity index (χ2n) is 3.32. The summed E-state index contributed by atoms with van der Waals surface area (Å²) in [5.41, 5.74) is 1.78. The first-order valence-electron chi connectivity index (χ1n) is 4.63. The van der Waals surface area contributed by atoms with Crippen LogP contribution in [0.4, 0.5) is 0 Å². The van der Waals surface area contributed by atoms with Crippen LogP contribution in [0.5, 0.6) is 0 Å². The molecule has 0 spiro atoms. The maximum atomic E-state index is 6.08. The summed E-state index contributed by atoms with van der Waals surface area (Å²) in [5, 5.41) is 2.70. The van der Waals surface area contributed by atoms with E-state index in [1.807, 2.05) is 29.6 Å². The Morgan fingerprint density at radius 2 is 2.19 bits per heavy atom. The van der Waals surface area contributed by atoms with Crippen LogP contribution >= 0.6 is 38.9 Å². The summed E-state index contributed by atoms with van der Waals surface area (Å²) >= 11 is 11.2. The number of aromatic nitrogens is 2. The molecule has 0 fully saturated rings. The predicted molar refractivity (Wildman–Crippen MR) is 72.1 cm³/mol. The summed E-state index contributed by atoms with van der Waals surface area (Å²) in [7, 11) is 0. The lowest BCUT2D eigenvalue weighted by atomic mass is 10.3. The van der Waals surface area contributed by atoms with E-state index in [1.54, 1.807) is 11.3 Å². The average molecular weight is 314 g/mol. The Kier molecular flexibility index (Phi) is 2.50. The molecule has 3 rings (SSSR count). The first-order chi connectivity index (χ1) is 7.75. The number of benzene rings is 1. The highest BCUT2D eigenvalue weighted by atomic mass is 79.9. The molecule has 1 N–H and O–H groups in total. The number of rotatable bonds is 1. The molecule has 0 amide bonds. The van der Waals surface area contributed by atoms with E-state index in [-0.39, 0.29) is 0 Å². The lowest BCUT2D eigenvalue weighted by Gasteiger charge is -1.90. The Morgan fingerprint density at radius 3 is 2.88 bits per heavy atom. The fraction of sp³-hybridized carbons (Fsp3) is 0. The molecule has 0 atom stereocenters. The summed E-state index contributed by atoms with van der Waals surface area (Å²) < 4.78 is 1.05. The number of imidazole rings is 1. The van der Waals surface area contributed by atoms with Gasteiger partial charge < -0.3 is 4.98 Å². The van der Waals surface area contributed by atoms with Gasteiger partial charge in [-0.05, 0) is 39.5 Å². The molecule has 80 valence electrons. The van der Waals surface area contributed by atoms with E-state index in [0.29, 0.717) is 5.02 Å². The van der Waals surface area contributed by atoms with Crippen molar-refractivity contribution in [3.05, 3.63) is 39.1 Å². The highest BCUT2D eigenvalue weighted by molar-refractivity contribution is 9.10. The van der Waals surface area contributed by atoms with Gasteiger partial charge in [0.1, 0.15) is 11.3 Å². The van der Waals surface area contributed by atoms with Crippen molar-refractivity contribution in [1.29, 1.82) is 0 Å². The fourth-order valence-electron chi connectivity index (χ4n) is 1.57. The molecule has 0 bridgehead atoms. The van der Waals surface area contributed by atoms with E-state index in [9.17, 15) is 0 Å². The van der Waals surface area contributed by atoms with Crippen LogP contribution in [-0.2, 0) is 0 Å². The molecule has 0 aliphatic carbocycles. The molecular weight excluding hydrogens is 308 g/mol. The van der Waals surface area contributed by atoms with Crippen LogP contribution in [-0.4, -0.2) is 9.97 Å². The molecule has 2 aromatic heterocycles. The summed E-state index contributed by atoms with van der Waals surface area (Å²) in [5.74, 6) is 0.852. The Morgan fingerprint density at radius 1 is 1.31 bits per heavy atom. The van der Waals surface area contributed by atoms with Crippen LogP contribution in [0.2, 0.25) is 5.02 Å². The molecule has 0 saturated heterocycles. The fourth-order valence-corrected chi connectivity index (χ4v) is 3.29. The molecule has 3 aromatic rings. The predicted octanol–water partition coefficient (Wildman–Crippen LogP) is 4.71. The van der Waals surface area contributed by atoms with E-state index in [2.05, 4.69) is 25.9 Å². The quantitative estimate of drug-likeness (QED) is 0.692. The molecule has 0 aliphatic heterocycles. The van der Waals surface area contributed by atoms with Gasteiger partial charge in [0.25, 0.3) is 0 Å². The molecule has 0 unspecified atom stereocenters. The zero-order valence-electron chi connectivity index (χ0n) is 8.00. The number of hydrogen-bond acceptors (Lipinski definition) is 2. The smallest absolute Gasteiger partial charge is 0.149 e. The van der Waals surface area contributed by atoms with Crippen molar-refractivity contribution < 1.29 is 0 Å². The minimum absolute atomic E-state index is 0.674. The molecule has 1 aromatic carbocycles. The van der Waals surface area contributed by atoms with Crippen molar-refractivity contribution in [3.8, 4) is 10.7 Å². The molecule has 2 nitrogen and oxygen atoms in total. The van der Waals surface area contributed by atoms with E-state index < -0.39 is 0 Å². The van der Waals surface area contributed by atoms with Crippen molar-refractivity contribution in [2.45, 2.75) is 0 Å². The average Bonchev–Trinajstić information content (AvgIpc) is 2.84. The standard InChI is InChI=1S/C11H6BrClN2S/c12-6-4-5-16-10(6)11-14-8-3-1-2-7(13)9(8)15-11/h1-5H,(H,14,15). The van der Waals surface area contributed by atoms with E-state index in [0.717, 1.165) is 26.2 Å². The number of hydrogen-bond donors (Lipinski definition) is 1. The zero-order valence-corrected chi connectivity index (χ0v) is 11.2. The van der Waals surface area contributed by atoms with Crippen LogP contribution in [0.25, 0.3) is 21.7 Å². The van der Waals surface area contributed by atoms with Crippen molar-refractivity contribution >= 4 is 49.9 Å². The minimum atomic E-state index is 0.674. The van der Waals surface area contributed by atoms with Gasteiger partial charge in [0.15, 0.2) is 0 Å². The van der Waals surface area contributed by atoms with Crippen LogP contribution in [0.3, 0.4) is 0 Å². The van der Waals surface area contributed by atoms with Gasteiger partial charge in [-0.25, -0.2) is 4.98 Å². The van der Waals surface area contributed by atoms with Crippen molar-refractivity contribution in [1.82, 2.24) is 9.97 Å². The van der Waals surface area contributed by atoms with Gasteiger partial charge in [0.05, 0.1) is 15.4 Å². The molecule has 0 aliphatic rings. The minimum Gasteiger partial charge on any atom is -0.337 e. The third-order valence-electron chi connectivity index (χ3n) is 2.30. The Labute approximate surface area is 109 Å². The highest BCUT2D eigenvalue weighted by Crippen LogP contribution is 2.33. The number of halogens is 2. The van der Waals surface area contributed by atoms with Gasteiger partial charge >= 0.3 is 0 Å². The summed E-state index contributed by atoms with van der Waals surface area (Å²) in [6.07, 6.45) is 0. The molecule has 0 saturated carbocycles. The highest BCUT2D eigenvalue weighted by Gasteiger charge is 2.11. The summed E-state index contributed by atoms with van der Waals surface area (Å²) in [4.78, 5) is 8.86. The first kappa shape index (κ1) is 10.3. The third-order valence-corrected chi connectivity index (χ3v) is 4.45. The van der Waals surface area contributed by atoms with Gasteiger partial charge in [0.2, 0.25) is 0 Å². The van der Waals surface area contributed by atoms with Crippen LogP contribution in [0.1, 0.15) is 0 Å². The number of H-pyrrole nitrogens is 1. The molecule has 0 radical (unpaired) electrons. The van der Waals surface area contributed by atoms with Gasteiger partial charge in [-0.1, -0.05) is 17.7 Å². The second-order valence-corrected chi connectivity index (χ2v) is 5.50. The number of para-hydroxylation sites is 1. The summed E-state index contributed by atoms with van der Waals surface area (Å²) in [6.45, 7) is 0. The van der Waals surface area contributed by atoms with Gasteiger partial charge in [-0.2, -0.15) is 0 Å². The number of thiophene rings is 1. The Balaban J connectivity index is 2.27. The maximum Gasteiger partial charge on any atom is 0.149 e. The van der Waals surface area contributed by atoms with Gasteiger partial charge in [-0.3, -0.25) is 0 Å². The van der Waals surface area contributed by atoms with E-state index >= 15 is 0 Å². The Bertz CT molecular complexity index is 659. The van der Waals surface area contributed by atoms with Gasteiger partial charge in [0, 0.05) is 4.47 Å². The topological polar surface area (TPSA) is 28.7 Å². The van der Waals surface area contributed by atoms with Crippen LogP contribution in [0.15, 0.2) is 34.1 Å². The van der Waals surface area contributed by atoms with E-state index in [1.165, 1.54) is 0 Å². The van der Waals surface area contributed by atoms with Crippen molar-refractivity contribution in [3.63, 3.8) is 0 Å². The maximum absolute atomic E-state index is 6.08. The van der Waals surface area contributed by atoms with Crippen molar-refractivity contribution in [2.75, 3.05) is 0 Å². The first-order valence-corrected chi connectivity index (χ1v) is 6.68.